The summed E-state index contributed by atoms with van der Waals surface area (Å²) in [5, 5.41) is 8.69. The summed E-state index contributed by atoms with van der Waals surface area (Å²) in [7, 11) is 1.86. The third-order valence-corrected chi connectivity index (χ3v) is 3.94. The standard InChI is InChI=1S/C16H21N3O2S/c1-3-21-14-6-4-12(5-7-14)16-19-13(11-22-16)10-15(20)18-9-8-17-2/h4-7,11,17H,3,8-10H2,1-2H3,(H,18,20). The van der Waals surface area contributed by atoms with Crippen molar-refractivity contribution in [2.24, 2.45) is 0 Å². The van der Waals surface area contributed by atoms with E-state index in [2.05, 4.69) is 15.6 Å². The second-order valence-corrected chi connectivity index (χ2v) is 5.59. The van der Waals surface area contributed by atoms with Crippen LogP contribution in [0.2, 0.25) is 0 Å². The zero-order valence-electron chi connectivity index (χ0n) is 12.9. The molecule has 22 heavy (non-hydrogen) atoms. The van der Waals surface area contributed by atoms with Gasteiger partial charge in [0.1, 0.15) is 10.8 Å². The number of carbonyl (C=O) groups excluding carboxylic acids is 1. The van der Waals surface area contributed by atoms with Crippen LogP contribution >= 0.6 is 11.3 Å². The van der Waals surface area contributed by atoms with Gasteiger partial charge in [-0.2, -0.15) is 0 Å². The number of ether oxygens (including phenoxy) is 1. The van der Waals surface area contributed by atoms with E-state index >= 15 is 0 Å². The SMILES string of the molecule is CCOc1ccc(-c2nc(CC(=O)NCCNC)cs2)cc1. The molecule has 2 rings (SSSR count). The lowest BCUT2D eigenvalue weighted by molar-refractivity contribution is -0.120. The van der Waals surface area contributed by atoms with Crippen LogP contribution in [0.3, 0.4) is 0 Å². The van der Waals surface area contributed by atoms with Crippen molar-refractivity contribution in [3.05, 3.63) is 35.3 Å². The van der Waals surface area contributed by atoms with Crippen LogP contribution in [0.25, 0.3) is 10.6 Å². The summed E-state index contributed by atoms with van der Waals surface area (Å²) in [5.41, 5.74) is 1.84. The molecule has 0 saturated carbocycles. The lowest BCUT2D eigenvalue weighted by Crippen LogP contribution is -2.31. The van der Waals surface area contributed by atoms with E-state index in [0.29, 0.717) is 19.6 Å². The minimum Gasteiger partial charge on any atom is -0.494 e. The molecule has 0 radical (unpaired) electrons. The van der Waals surface area contributed by atoms with Crippen molar-refractivity contribution in [1.82, 2.24) is 15.6 Å². The van der Waals surface area contributed by atoms with E-state index in [-0.39, 0.29) is 5.91 Å². The van der Waals surface area contributed by atoms with Gasteiger partial charge in [0.15, 0.2) is 0 Å². The lowest BCUT2D eigenvalue weighted by atomic mass is 10.2. The molecule has 0 aliphatic rings. The fourth-order valence-electron chi connectivity index (χ4n) is 1.94. The fraction of sp³-hybridized carbons (Fsp3) is 0.375. The molecule has 1 aromatic carbocycles. The molecule has 0 atom stereocenters. The highest BCUT2D eigenvalue weighted by molar-refractivity contribution is 7.13. The summed E-state index contributed by atoms with van der Waals surface area (Å²) in [5.74, 6) is 0.853. The van der Waals surface area contributed by atoms with Gasteiger partial charge in [0, 0.05) is 24.0 Å². The smallest absolute Gasteiger partial charge is 0.226 e. The van der Waals surface area contributed by atoms with Gasteiger partial charge in [-0.1, -0.05) is 0 Å². The number of aromatic nitrogens is 1. The molecule has 0 fully saturated rings. The Morgan fingerprint density at radius 3 is 2.73 bits per heavy atom. The predicted octanol–water partition coefficient (Wildman–Crippen LogP) is 2.09. The number of nitrogens with zero attached hydrogens (tertiary/aromatic N) is 1. The minimum absolute atomic E-state index is 0.00112. The molecule has 1 amide bonds. The number of likely N-dealkylation sites (N-methyl/N-ethyl adjacent to an activating group) is 1. The first-order chi connectivity index (χ1) is 10.7. The number of amides is 1. The number of hydrogen-bond acceptors (Lipinski definition) is 5. The van der Waals surface area contributed by atoms with Gasteiger partial charge >= 0.3 is 0 Å². The van der Waals surface area contributed by atoms with Crippen molar-refractivity contribution in [3.8, 4) is 16.3 Å². The maximum Gasteiger partial charge on any atom is 0.226 e. The molecular weight excluding hydrogens is 298 g/mol. The van der Waals surface area contributed by atoms with Crippen LogP contribution in [0.15, 0.2) is 29.6 Å². The van der Waals surface area contributed by atoms with Crippen LogP contribution in [0.5, 0.6) is 5.75 Å². The summed E-state index contributed by atoms with van der Waals surface area (Å²) >= 11 is 1.55. The molecule has 0 aliphatic carbocycles. The average molecular weight is 319 g/mol. The molecule has 1 aromatic heterocycles. The minimum atomic E-state index is -0.00112. The van der Waals surface area contributed by atoms with Crippen LogP contribution in [0.4, 0.5) is 0 Å². The van der Waals surface area contributed by atoms with Gasteiger partial charge in [-0.3, -0.25) is 4.79 Å². The Hall–Kier alpha value is -1.92. The van der Waals surface area contributed by atoms with Crippen molar-refractivity contribution in [1.29, 1.82) is 0 Å². The first kappa shape index (κ1) is 16.5. The van der Waals surface area contributed by atoms with Crippen LogP contribution in [-0.4, -0.2) is 37.6 Å². The van der Waals surface area contributed by atoms with E-state index in [1.807, 2.05) is 43.6 Å². The molecule has 0 spiro atoms. The monoisotopic (exact) mass is 319 g/mol. The summed E-state index contributed by atoms with van der Waals surface area (Å²) in [4.78, 5) is 16.3. The Bertz CT molecular complexity index is 596. The number of carbonyl (C=O) groups is 1. The lowest BCUT2D eigenvalue weighted by Gasteiger charge is -2.03. The van der Waals surface area contributed by atoms with Crippen molar-refractivity contribution < 1.29 is 9.53 Å². The van der Waals surface area contributed by atoms with Crippen LogP contribution in [-0.2, 0) is 11.2 Å². The maximum absolute atomic E-state index is 11.8. The van der Waals surface area contributed by atoms with Gasteiger partial charge in [0.05, 0.1) is 18.7 Å². The molecular formula is C16H21N3O2S. The first-order valence-electron chi connectivity index (χ1n) is 7.32. The zero-order valence-corrected chi connectivity index (χ0v) is 13.7. The molecule has 0 aliphatic heterocycles. The highest BCUT2D eigenvalue weighted by Crippen LogP contribution is 2.25. The molecule has 0 unspecified atom stereocenters. The predicted molar refractivity (Wildman–Crippen MR) is 89.4 cm³/mol. The summed E-state index contributed by atoms with van der Waals surface area (Å²) in [6.07, 6.45) is 0.317. The van der Waals surface area contributed by atoms with E-state index in [1.54, 1.807) is 11.3 Å². The Kier molecular flexibility index (Phi) is 6.36. The number of rotatable bonds is 8. The molecule has 0 saturated heterocycles. The Morgan fingerprint density at radius 1 is 1.27 bits per heavy atom. The third kappa shape index (κ3) is 4.82. The second kappa shape index (κ2) is 8.51. The highest BCUT2D eigenvalue weighted by atomic mass is 32.1. The molecule has 5 nitrogen and oxygen atoms in total. The molecule has 2 N–H and O–H groups in total. The van der Waals surface area contributed by atoms with Crippen LogP contribution in [0, 0.1) is 0 Å². The second-order valence-electron chi connectivity index (χ2n) is 4.73. The quantitative estimate of drug-likeness (QED) is 0.731. The molecule has 1 heterocycles. The first-order valence-corrected chi connectivity index (χ1v) is 8.19. The van der Waals surface area contributed by atoms with Crippen molar-refractivity contribution >= 4 is 17.2 Å². The largest absolute Gasteiger partial charge is 0.494 e. The van der Waals surface area contributed by atoms with Gasteiger partial charge < -0.3 is 15.4 Å². The number of hydrogen-bond donors (Lipinski definition) is 2. The Morgan fingerprint density at radius 2 is 2.05 bits per heavy atom. The highest BCUT2D eigenvalue weighted by Gasteiger charge is 2.09. The Balaban J connectivity index is 1.94. The topological polar surface area (TPSA) is 63.2 Å². The van der Waals surface area contributed by atoms with E-state index in [1.165, 1.54) is 0 Å². The van der Waals surface area contributed by atoms with E-state index in [0.717, 1.165) is 28.6 Å². The maximum atomic E-state index is 11.8. The van der Waals surface area contributed by atoms with Gasteiger partial charge in [-0.25, -0.2) is 4.98 Å². The Labute approximate surface area is 134 Å². The molecule has 6 heteroatoms. The number of nitrogens with one attached hydrogen (secondary N) is 2. The van der Waals surface area contributed by atoms with E-state index in [9.17, 15) is 4.79 Å². The van der Waals surface area contributed by atoms with Crippen molar-refractivity contribution in [2.45, 2.75) is 13.3 Å². The van der Waals surface area contributed by atoms with Gasteiger partial charge in [-0.05, 0) is 38.2 Å². The summed E-state index contributed by atoms with van der Waals surface area (Å²) in [6.45, 7) is 4.01. The summed E-state index contributed by atoms with van der Waals surface area (Å²) < 4.78 is 5.43. The van der Waals surface area contributed by atoms with E-state index < -0.39 is 0 Å². The average Bonchev–Trinajstić information content (AvgIpc) is 2.97. The van der Waals surface area contributed by atoms with Gasteiger partial charge in [0.2, 0.25) is 5.91 Å². The number of thiazole rings is 1. The van der Waals surface area contributed by atoms with E-state index in [4.69, 9.17) is 4.74 Å². The molecule has 118 valence electrons. The van der Waals surface area contributed by atoms with Gasteiger partial charge in [0.25, 0.3) is 0 Å². The van der Waals surface area contributed by atoms with Crippen LogP contribution < -0.4 is 15.4 Å². The van der Waals surface area contributed by atoms with Gasteiger partial charge in [-0.15, -0.1) is 11.3 Å². The normalized spacial score (nSPS) is 10.5. The number of benzene rings is 1. The third-order valence-electron chi connectivity index (χ3n) is 3.00. The zero-order chi connectivity index (χ0) is 15.8. The summed E-state index contributed by atoms with van der Waals surface area (Å²) in [6, 6.07) is 7.84. The van der Waals surface area contributed by atoms with Crippen LogP contribution in [0.1, 0.15) is 12.6 Å². The molecule has 2 aromatic rings. The molecule has 0 bridgehead atoms. The van der Waals surface area contributed by atoms with Crippen molar-refractivity contribution in [3.63, 3.8) is 0 Å². The fourth-order valence-corrected chi connectivity index (χ4v) is 2.76. The van der Waals surface area contributed by atoms with Crippen molar-refractivity contribution in [2.75, 3.05) is 26.7 Å².